The average molecular weight is 318 g/mol. The lowest BCUT2D eigenvalue weighted by Crippen LogP contribution is -2.31. The van der Waals surface area contributed by atoms with Crippen molar-refractivity contribution >= 4 is 22.9 Å². The van der Waals surface area contributed by atoms with Gasteiger partial charge in [-0.25, -0.2) is 4.98 Å². The minimum absolute atomic E-state index is 0.388. The summed E-state index contributed by atoms with van der Waals surface area (Å²) in [7, 11) is 0. The summed E-state index contributed by atoms with van der Waals surface area (Å²) in [5.41, 5.74) is 0.998. The third-order valence-corrected chi connectivity index (χ3v) is 5.17. The van der Waals surface area contributed by atoms with E-state index in [9.17, 15) is 0 Å². The first-order valence-corrected chi connectivity index (χ1v) is 9.04. The summed E-state index contributed by atoms with van der Waals surface area (Å²) in [6.07, 6.45) is 1.22. The molecule has 0 spiro atoms. The van der Waals surface area contributed by atoms with Crippen molar-refractivity contribution in [3.63, 3.8) is 0 Å². The third kappa shape index (κ3) is 5.32. The number of rotatable bonds is 10. The molecule has 1 atom stereocenters. The van der Waals surface area contributed by atoms with E-state index in [0.717, 1.165) is 31.9 Å². The zero-order valence-corrected chi connectivity index (χ0v) is 14.8. The Kier molecular flexibility index (Phi) is 8.69. The predicted molar refractivity (Wildman–Crippen MR) is 89.7 cm³/mol. The molecule has 0 fully saturated rings. The first-order chi connectivity index (χ1) is 9.65. The van der Waals surface area contributed by atoms with E-state index in [0.29, 0.717) is 11.9 Å². The summed E-state index contributed by atoms with van der Waals surface area (Å²) in [6, 6.07) is 0.388. The van der Waals surface area contributed by atoms with Crippen molar-refractivity contribution in [3.8, 4) is 0 Å². The number of aromatic nitrogens is 1. The van der Waals surface area contributed by atoms with Gasteiger partial charge >= 0.3 is 0 Å². The second-order valence-electron chi connectivity index (χ2n) is 5.00. The van der Waals surface area contributed by atoms with Gasteiger partial charge in [-0.2, -0.15) is 0 Å². The van der Waals surface area contributed by atoms with Crippen LogP contribution < -0.4 is 0 Å². The van der Waals surface area contributed by atoms with Crippen LogP contribution in [-0.2, 0) is 5.88 Å². The summed E-state index contributed by atoms with van der Waals surface area (Å²) in [5, 5.41) is 3.26. The summed E-state index contributed by atoms with van der Waals surface area (Å²) in [6.45, 7) is 14.6. The molecule has 0 amide bonds. The molecular weight excluding hydrogens is 290 g/mol. The highest BCUT2D eigenvalue weighted by Crippen LogP contribution is 2.24. The maximum absolute atomic E-state index is 5.83. The van der Waals surface area contributed by atoms with Crippen molar-refractivity contribution in [2.45, 2.75) is 46.0 Å². The topological polar surface area (TPSA) is 19.4 Å². The molecule has 0 N–H and O–H groups in total. The Hall–Kier alpha value is -0.160. The zero-order chi connectivity index (χ0) is 15.0. The largest absolute Gasteiger partial charge is 0.304 e. The molecule has 0 aliphatic heterocycles. The van der Waals surface area contributed by atoms with Gasteiger partial charge in [-0.1, -0.05) is 20.8 Å². The van der Waals surface area contributed by atoms with Crippen LogP contribution in [-0.4, -0.2) is 47.5 Å². The number of hydrogen-bond donors (Lipinski definition) is 0. The highest BCUT2D eigenvalue weighted by atomic mass is 35.5. The molecule has 0 aliphatic rings. The van der Waals surface area contributed by atoms with Gasteiger partial charge < -0.3 is 4.90 Å². The minimum Gasteiger partial charge on any atom is -0.304 e. The Labute approximate surface area is 132 Å². The van der Waals surface area contributed by atoms with Crippen LogP contribution in [0.25, 0.3) is 0 Å². The summed E-state index contributed by atoms with van der Waals surface area (Å²) >= 11 is 7.56. The fourth-order valence-electron chi connectivity index (χ4n) is 2.39. The van der Waals surface area contributed by atoms with Crippen LogP contribution in [0, 0.1) is 0 Å². The fourth-order valence-corrected chi connectivity index (χ4v) is 3.53. The van der Waals surface area contributed by atoms with Crippen molar-refractivity contribution in [2.24, 2.45) is 0 Å². The third-order valence-electron chi connectivity index (χ3n) is 3.83. The van der Waals surface area contributed by atoms with E-state index < -0.39 is 0 Å². The Morgan fingerprint density at radius 1 is 1.20 bits per heavy atom. The molecule has 116 valence electrons. The number of thiazole rings is 1. The van der Waals surface area contributed by atoms with Crippen LogP contribution in [0.1, 0.15) is 50.9 Å². The lowest BCUT2D eigenvalue weighted by Gasteiger charge is -2.27. The van der Waals surface area contributed by atoms with Crippen molar-refractivity contribution in [3.05, 3.63) is 16.1 Å². The molecule has 1 unspecified atom stereocenters. The van der Waals surface area contributed by atoms with E-state index in [-0.39, 0.29) is 0 Å². The van der Waals surface area contributed by atoms with E-state index in [4.69, 9.17) is 11.6 Å². The van der Waals surface area contributed by atoms with E-state index in [1.165, 1.54) is 18.0 Å². The van der Waals surface area contributed by atoms with Gasteiger partial charge in [0.15, 0.2) is 0 Å². The van der Waals surface area contributed by atoms with E-state index in [1.807, 2.05) is 0 Å². The first-order valence-electron chi connectivity index (χ1n) is 7.62. The van der Waals surface area contributed by atoms with Crippen molar-refractivity contribution in [1.29, 1.82) is 0 Å². The lowest BCUT2D eigenvalue weighted by molar-refractivity contribution is 0.200. The van der Waals surface area contributed by atoms with Crippen LogP contribution in [0.2, 0.25) is 0 Å². The van der Waals surface area contributed by atoms with Gasteiger partial charge in [-0.15, -0.1) is 22.9 Å². The van der Waals surface area contributed by atoms with E-state index in [1.54, 1.807) is 11.3 Å². The number of hydrogen-bond acceptors (Lipinski definition) is 4. The van der Waals surface area contributed by atoms with Gasteiger partial charge in [-0.05, 0) is 39.5 Å². The second kappa shape index (κ2) is 9.72. The van der Waals surface area contributed by atoms with Crippen LogP contribution in [0.15, 0.2) is 5.38 Å². The fraction of sp³-hybridized carbons (Fsp3) is 0.800. The molecule has 0 aromatic carbocycles. The van der Waals surface area contributed by atoms with Crippen LogP contribution in [0.5, 0.6) is 0 Å². The number of nitrogens with zero attached hydrogens (tertiary/aromatic N) is 3. The van der Waals surface area contributed by atoms with E-state index in [2.05, 4.69) is 47.9 Å². The average Bonchev–Trinajstić information content (AvgIpc) is 2.96. The highest BCUT2D eigenvalue weighted by molar-refractivity contribution is 7.09. The molecule has 0 saturated carbocycles. The molecular formula is C15H28ClN3S. The van der Waals surface area contributed by atoms with Crippen LogP contribution in [0.3, 0.4) is 0 Å². The molecule has 0 saturated heterocycles. The molecule has 1 aromatic heterocycles. The summed E-state index contributed by atoms with van der Waals surface area (Å²) in [5.74, 6) is 0.511. The Bertz CT molecular complexity index is 366. The molecule has 0 radical (unpaired) electrons. The van der Waals surface area contributed by atoms with Crippen molar-refractivity contribution < 1.29 is 0 Å². The zero-order valence-electron chi connectivity index (χ0n) is 13.2. The second-order valence-corrected chi connectivity index (χ2v) is 6.15. The monoisotopic (exact) mass is 317 g/mol. The SMILES string of the molecule is CCN(CC)CCCN(CC)C(C)c1nc(CCl)cs1. The lowest BCUT2D eigenvalue weighted by atomic mass is 10.2. The molecule has 5 heteroatoms. The molecule has 1 aromatic rings. The molecule has 3 nitrogen and oxygen atoms in total. The molecule has 0 aliphatic carbocycles. The molecule has 1 rings (SSSR count). The summed E-state index contributed by atoms with van der Waals surface area (Å²) < 4.78 is 0. The Morgan fingerprint density at radius 3 is 2.40 bits per heavy atom. The minimum atomic E-state index is 0.388. The maximum atomic E-state index is 5.83. The highest BCUT2D eigenvalue weighted by Gasteiger charge is 2.17. The van der Waals surface area contributed by atoms with Crippen molar-refractivity contribution in [2.75, 3.05) is 32.7 Å². The summed E-state index contributed by atoms with van der Waals surface area (Å²) in [4.78, 5) is 9.59. The Morgan fingerprint density at radius 2 is 1.90 bits per heavy atom. The first kappa shape index (κ1) is 17.9. The van der Waals surface area contributed by atoms with Gasteiger partial charge in [0.25, 0.3) is 0 Å². The Balaban J connectivity index is 2.48. The number of halogens is 1. The molecule has 0 bridgehead atoms. The van der Waals surface area contributed by atoms with Crippen LogP contribution in [0.4, 0.5) is 0 Å². The predicted octanol–water partition coefficient (Wildman–Crippen LogP) is 4.00. The van der Waals surface area contributed by atoms with Gasteiger partial charge in [-0.3, -0.25) is 4.90 Å². The molecule has 20 heavy (non-hydrogen) atoms. The smallest absolute Gasteiger partial charge is 0.110 e. The molecule has 1 heterocycles. The van der Waals surface area contributed by atoms with Gasteiger partial charge in [0.05, 0.1) is 17.6 Å². The number of alkyl halides is 1. The van der Waals surface area contributed by atoms with Gasteiger partial charge in [0, 0.05) is 11.9 Å². The van der Waals surface area contributed by atoms with Gasteiger partial charge in [0.2, 0.25) is 0 Å². The van der Waals surface area contributed by atoms with Crippen LogP contribution >= 0.6 is 22.9 Å². The maximum Gasteiger partial charge on any atom is 0.110 e. The van der Waals surface area contributed by atoms with Crippen molar-refractivity contribution in [1.82, 2.24) is 14.8 Å². The quantitative estimate of drug-likeness (QED) is 0.608. The standard InChI is InChI=1S/C15H28ClN3S/c1-5-18(6-2)9-8-10-19(7-3)13(4)15-17-14(11-16)12-20-15/h12-13H,5-11H2,1-4H3. The normalized spacial score (nSPS) is 13.3. The van der Waals surface area contributed by atoms with Gasteiger partial charge in [0.1, 0.15) is 5.01 Å². The van der Waals surface area contributed by atoms with E-state index >= 15 is 0 Å².